The van der Waals surface area contributed by atoms with E-state index in [0.29, 0.717) is 0 Å². The molecule has 0 aliphatic carbocycles. The molecule has 1 aromatic rings. The fraction of sp³-hybridized carbons (Fsp3) is 0.500. The van der Waals surface area contributed by atoms with Crippen molar-refractivity contribution in [2.45, 2.75) is 33.1 Å². The molecule has 0 saturated carbocycles. The molecule has 1 atom stereocenters. The van der Waals surface area contributed by atoms with Gasteiger partial charge in [0.1, 0.15) is 0 Å². The van der Waals surface area contributed by atoms with Crippen LogP contribution in [-0.2, 0) is 11.2 Å². The van der Waals surface area contributed by atoms with Crippen LogP contribution in [0.2, 0.25) is 0 Å². The Morgan fingerprint density at radius 3 is 3.12 bits per heavy atom. The number of hydrogen-bond acceptors (Lipinski definition) is 2. The second-order valence-electron chi connectivity index (χ2n) is 4.70. The van der Waals surface area contributed by atoms with Gasteiger partial charge in [-0.1, -0.05) is 13.8 Å². The minimum absolute atomic E-state index is 0.0733. The number of hydrogen-bond donors (Lipinski definition) is 2. The van der Waals surface area contributed by atoms with Gasteiger partial charge in [-0.15, -0.1) is 0 Å². The Balaban J connectivity index is 2.09. The fourth-order valence-corrected chi connectivity index (χ4v) is 2.00. The maximum Gasteiger partial charge on any atom is 0.227 e. The summed E-state index contributed by atoms with van der Waals surface area (Å²) in [5.74, 6) is 0.181. The second-order valence-corrected chi connectivity index (χ2v) is 4.70. The largest absolute Gasteiger partial charge is 0.385 e. The van der Waals surface area contributed by atoms with Crippen LogP contribution >= 0.6 is 0 Å². The Labute approximate surface area is 103 Å². The first-order valence-corrected chi connectivity index (χ1v) is 6.38. The number of nitrogens with one attached hydrogen (secondary N) is 2. The molecule has 17 heavy (non-hydrogen) atoms. The van der Waals surface area contributed by atoms with Crippen molar-refractivity contribution < 1.29 is 4.79 Å². The summed E-state index contributed by atoms with van der Waals surface area (Å²) in [5, 5.41) is 6.34. The zero-order valence-electron chi connectivity index (χ0n) is 10.5. The van der Waals surface area contributed by atoms with Crippen molar-refractivity contribution in [2.24, 2.45) is 5.92 Å². The number of carbonyl (C=O) groups is 1. The van der Waals surface area contributed by atoms with Gasteiger partial charge < -0.3 is 10.6 Å². The molecule has 2 rings (SSSR count). The van der Waals surface area contributed by atoms with Crippen LogP contribution in [0.25, 0.3) is 0 Å². The molecule has 1 aromatic carbocycles. The van der Waals surface area contributed by atoms with Crippen LogP contribution in [0.15, 0.2) is 18.2 Å². The molecule has 1 unspecified atom stereocenters. The van der Waals surface area contributed by atoms with Gasteiger partial charge in [0.25, 0.3) is 0 Å². The molecule has 3 nitrogen and oxygen atoms in total. The van der Waals surface area contributed by atoms with Crippen molar-refractivity contribution in [1.29, 1.82) is 0 Å². The molecule has 0 fully saturated rings. The zero-order chi connectivity index (χ0) is 12.3. The highest BCUT2D eigenvalue weighted by molar-refractivity contribution is 5.92. The van der Waals surface area contributed by atoms with Crippen LogP contribution in [0.1, 0.15) is 32.3 Å². The lowest BCUT2D eigenvalue weighted by Gasteiger charge is -2.19. The van der Waals surface area contributed by atoms with Gasteiger partial charge in [0.2, 0.25) is 5.91 Å². The number of anilines is 2. The summed E-state index contributed by atoms with van der Waals surface area (Å²) in [4.78, 5) is 11.8. The maximum absolute atomic E-state index is 11.8. The van der Waals surface area contributed by atoms with Crippen LogP contribution in [-0.4, -0.2) is 12.5 Å². The van der Waals surface area contributed by atoms with E-state index in [4.69, 9.17) is 0 Å². The summed E-state index contributed by atoms with van der Waals surface area (Å²) in [5.41, 5.74) is 3.42. The summed E-state index contributed by atoms with van der Waals surface area (Å²) in [7, 11) is 0. The molecule has 0 spiro atoms. The van der Waals surface area contributed by atoms with Crippen molar-refractivity contribution in [3.63, 3.8) is 0 Å². The Hall–Kier alpha value is -1.51. The molecule has 1 amide bonds. The second kappa shape index (κ2) is 5.21. The van der Waals surface area contributed by atoms with Gasteiger partial charge in [0.05, 0.1) is 0 Å². The molecule has 1 aliphatic rings. The average molecular weight is 232 g/mol. The lowest BCUT2D eigenvalue weighted by molar-refractivity contribution is -0.119. The van der Waals surface area contributed by atoms with Crippen LogP contribution in [0.4, 0.5) is 11.4 Å². The number of fused-ring (bicyclic) bond motifs is 1. The number of amides is 1. The van der Waals surface area contributed by atoms with Crippen molar-refractivity contribution in [3.8, 4) is 0 Å². The first-order valence-electron chi connectivity index (χ1n) is 6.38. The fourth-order valence-electron chi connectivity index (χ4n) is 2.00. The van der Waals surface area contributed by atoms with E-state index in [1.807, 2.05) is 19.9 Å². The molecule has 2 N–H and O–H groups in total. The lowest BCUT2D eigenvalue weighted by atomic mass is 10.0. The van der Waals surface area contributed by atoms with E-state index in [1.165, 1.54) is 11.3 Å². The number of carbonyl (C=O) groups excluding carboxylic acids is 1. The van der Waals surface area contributed by atoms with Gasteiger partial charge in [-0.25, -0.2) is 0 Å². The first-order chi connectivity index (χ1) is 8.20. The van der Waals surface area contributed by atoms with Gasteiger partial charge in [-0.2, -0.15) is 0 Å². The summed E-state index contributed by atoms with van der Waals surface area (Å²) in [6, 6.07) is 6.11. The van der Waals surface area contributed by atoms with Crippen LogP contribution in [0.3, 0.4) is 0 Å². The first kappa shape index (κ1) is 12.0. The molecule has 0 aromatic heterocycles. The Morgan fingerprint density at radius 2 is 2.35 bits per heavy atom. The number of rotatable bonds is 3. The zero-order valence-corrected chi connectivity index (χ0v) is 10.5. The van der Waals surface area contributed by atoms with Crippen LogP contribution in [0.5, 0.6) is 0 Å². The predicted molar refractivity (Wildman–Crippen MR) is 71.3 cm³/mol. The van der Waals surface area contributed by atoms with E-state index >= 15 is 0 Å². The molecular formula is C14H20N2O. The normalized spacial score (nSPS) is 15.6. The predicted octanol–water partition coefficient (Wildman–Crippen LogP) is 3.03. The Morgan fingerprint density at radius 1 is 1.53 bits per heavy atom. The maximum atomic E-state index is 11.8. The van der Waals surface area contributed by atoms with E-state index in [-0.39, 0.29) is 11.8 Å². The van der Waals surface area contributed by atoms with E-state index in [1.54, 1.807) is 0 Å². The van der Waals surface area contributed by atoms with Gasteiger partial charge in [-0.3, -0.25) is 4.79 Å². The van der Waals surface area contributed by atoms with E-state index in [2.05, 4.69) is 22.8 Å². The third-order valence-corrected chi connectivity index (χ3v) is 3.37. The smallest absolute Gasteiger partial charge is 0.227 e. The monoisotopic (exact) mass is 232 g/mol. The molecular weight excluding hydrogens is 212 g/mol. The Kier molecular flexibility index (Phi) is 3.67. The van der Waals surface area contributed by atoms with Crippen LogP contribution in [0, 0.1) is 5.92 Å². The third-order valence-electron chi connectivity index (χ3n) is 3.37. The molecule has 1 heterocycles. The minimum Gasteiger partial charge on any atom is -0.385 e. The molecule has 3 heteroatoms. The molecule has 0 bridgehead atoms. The molecule has 92 valence electrons. The quantitative estimate of drug-likeness (QED) is 0.841. The topological polar surface area (TPSA) is 41.1 Å². The van der Waals surface area contributed by atoms with E-state index in [9.17, 15) is 4.79 Å². The van der Waals surface area contributed by atoms with Crippen LogP contribution < -0.4 is 10.6 Å². The van der Waals surface area contributed by atoms with Crippen molar-refractivity contribution >= 4 is 17.3 Å². The number of aryl methyl sites for hydroxylation is 1. The summed E-state index contributed by atoms with van der Waals surface area (Å²) in [6.07, 6.45) is 3.13. The lowest BCUT2D eigenvalue weighted by Crippen LogP contribution is -2.20. The van der Waals surface area contributed by atoms with E-state index < -0.39 is 0 Å². The summed E-state index contributed by atoms with van der Waals surface area (Å²) < 4.78 is 0. The molecule has 0 saturated heterocycles. The van der Waals surface area contributed by atoms with Gasteiger partial charge in [0.15, 0.2) is 0 Å². The molecule has 1 aliphatic heterocycles. The highest BCUT2D eigenvalue weighted by Gasteiger charge is 2.13. The SMILES string of the molecule is CCC(C)C(=O)Nc1ccc2c(c1)CCCN2. The van der Waals surface area contributed by atoms with Crippen molar-refractivity contribution in [2.75, 3.05) is 17.2 Å². The average Bonchev–Trinajstić information content (AvgIpc) is 2.37. The van der Waals surface area contributed by atoms with Gasteiger partial charge in [-0.05, 0) is 43.0 Å². The highest BCUT2D eigenvalue weighted by atomic mass is 16.1. The molecule has 0 radical (unpaired) electrons. The Bertz CT molecular complexity index is 415. The van der Waals surface area contributed by atoms with E-state index in [0.717, 1.165) is 31.5 Å². The minimum atomic E-state index is 0.0733. The van der Waals surface area contributed by atoms with Gasteiger partial charge in [0, 0.05) is 23.8 Å². The van der Waals surface area contributed by atoms with Crippen molar-refractivity contribution in [1.82, 2.24) is 0 Å². The standard InChI is InChI=1S/C14H20N2O/c1-3-10(2)14(17)16-12-6-7-13-11(9-12)5-4-8-15-13/h6-7,9-10,15H,3-5,8H2,1-2H3,(H,16,17). The highest BCUT2D eigenvalue weighted by Crippen LogP contribution is 2.25. The summed E-state index contributed by atoms with van der Waals surface area (Å²) in [6.45, 7) is 5.03. The summed E-state index contributed by atoms with van der Waals surface area (Å²) >= 11 is 0. The van der Waals surface area contributed by atoms with Crippen molar-refractivity contribution in [3.05, 3.63) is 23.8 Å². The number of benzene rings is 1. The van der Waals surface area contributed by atoms with Gasteiger partial charge >= 0.3 is 0 Å². The third kappa shape index (κ3) is 2.78.